The summed E-state index contributed by atoms with van der Waals surface area (Å²) < 4.78 is 30.9. The average Bonchev–Trinajstić information content (AvgIpc) is 2.37. The Balaban J connectivity index is 1.90. The number of benzene rings is 1. The Hall–Kier alpha value is -1.11. The molecule has 0 radical (unpaired) electrons. The van der Waals surface area contributed by atoms with E-state index in [2.05, 4.69) is 10.0 Å². The Labute approximate surface area is 114 Å². The van der Waals surface area contributed by atoms with Crippen LogP contribution in [0.2, 0.25) is 0 Å². The SMILES string of the molecule is CCOC1CC(Nc2ccc(S(=O)(=O)NC)cc2)C1. The molecule has 0 aliphatic heterocycles. The summed E-state index contributed by atoms with van der Waals surface area (Å²) in [6, 6.07) is 7.21. The molecule has 0 aromatic heterocycles. The fourth-order valence-electron chi connectivity index (χ4n) is 2.14. The van der Waals surface area contributed by atoms with Gasteiger partial charge in [0.05, 0.1) is 11.0 Å². The van der Waals surface area contributed by atoms with Gasteiger partial charge in [-0.25, -0.2) is 13.1 Å². The van der Waals surface area contributed by atoms with E-state index in [1.54, 1.807) is 24.3 Å². The van der Waals surface area contributed by atoms with Crippen LogP contribution in [0.3, 0.4) is 0 Å². The van der Waals surface area contributed by atoms with Gasteiger partial charge < -0.3 is 10.1 Å². The summed E-state index contributed by atoms with van der Waals surface area (Å²) in [5.74, 6) is 0. The third kappa shape index (κ3) is 3.46. The first-order chi connectivity index (χ1) is 9.05. The van der Waals surface area contributed by atoms with Crippen LogP contribution in [0.4, 0.5) is 5.69 Å². The monoisotopic (exact) mass is 284 g/mol. The molecule has 0 amide bonds. The molecule has 1 aromatic rings. The molecule has 0 heterocycles. The van der Waals surface area contributed by atoms with E-state index in [4.69, 9.17) is 4.74 Å². The van der Waals surface area contributed by atoms with Gasteiger partial charge in [0.2, 0.25) is 10.0 Å². The Morgan fingerprint density at radius 2 is 1.89 bits per heavy atom. The number of hydrogen-bond donors (Lipinski definition) is 2. The molecular formula is C13H20N2O3S. The van der Waals surface area contributed by atoms with E-state index >= 15 is 0 Å². The second-order valence-electron chi connectivity index (χ2n) is 4.62. The van der Waals surface area contributed by atoms with E-state index in [1.807, 2.05) is 6.92 Å². The molecule has 106 valence electrons. The second kappa shape index (κ2) is 5.90. The van der Waals surface area contributed by atoms with E-state index in [0.717, 1.165) is 25.1 Å². The lowest BCUT2D eigenvalue weighted by molar-refractivity contribution is 0.00299. The van der Waals surface area contributed by atoms with Crippen molar-refractivity contribution in [3.63, 3.8) is 0 Å². The summed E-state index contributed by atoms with van der Waals surface area (Å²) in [7, 11) is -1.94. The molecule has 2 N–H and O–H groups in total. The van der Waals surface area contributed by atoms with Crippen LogP contribution in [-0.4, -0.2) is 34.2 Å². The lowest BCUT2D eigenvalue weighted by Gasteiger charge is -2.36. The van der Waals surface area contributed by atoms with Gasteiger partial charge in [-0.3, -0.25) is 0 Å². The highest BCUT2D eigenvalue weighted by molar-refractivity contribution is 7.89. The molecule has 0 spiro atoms. The summed E-state index contributed by atoms with van der Waals surface area (Å²) in [5.41, 5.74) is 0.940. The highest BCUT2D eigenvalue weighted by Crippen LogP contribution is 2.27. The summed E-state index contributed by atoms with van der Waals surface area (Å²) in [4.78, 5) is 0.279. The van der Waals surface area contributed by atoms with Crippen LogP contribution in [0.5, 0.6) is 0 Å². The van der Waals surface area contributed by atoms with Crippen molar-refractivity contribution in [2.45, 2.75) is 36.8 Å². The maximum atomic E-state index is 11.6. The molecular weight excluding hydrogens is 264 g/mol. The number of ether oxygens (including phenoxy) is 1. The predicted molar refractivity (Wildman–Crippen MR) is 74.7 cm³/mol. The van der Waals surface area contributed by atoms with Crippen molar-refractivity contribution >= 4 is 15.7 Å². The minimum atomic E-state index is -3.35. The topological polar surface area (TPSA) is 67.4 Å². The number of sulfonamides is 1. The van der Waals surface area contributed by atoms with Gasteiger partial charge in [-0.15, -0.1) is 0 Å². The van der Waals surface area contributed by atoms with E-state index in [-0.39, 0.29) is 4.90 Å². The molecule has 6 heteroatoms. The van der Waals surface area contributed by atoms with E-state index in [0.29, 0.717) is 12.1 Å². The van der Waals surface area contributed by atoms with Gasteiger partial charge >= 0.3 is 0 Å². The molecule has 1 aliphatic rings. The van der Waals surface area contributed by atoms with Gasteiger partial charge in [-0.2, -0.15) is 0 Å². The minimum absolute atomic E-state index is 0.279. The molecule has 1 saturated carbocycles. The zero-order chi connectivity index (χ0) is 13.9. The van der Waals surface area contributed by atoms with Crippen LogP contribution in [0.25, 0.3) is 0 Å². The van der Waals surface area contributed by atoms with Crippen LogP contribution in [-0.2, 0) is 14.8 Å². The Bertz CT molecular complexity index is 507. The zero-order valence-electron chi connectivity index (χ0n) is 11.2. The summed E-state index contributed by atoms with van der Waals surface area (Å²) in [6.45, 7) is 2.76. The van der Waals surface area contributed by atoms with Crippen molar-refractivity contribution < 1.29 is 13.2 Å². The van der Waals surface area contributed by atoms with Crippen molar-refractivity contribution in [3.8, 4) is 0 Å². The quantitative estimate of drug-likeness (QED) is 0.832. The first-order valence-electron chi connectivity index (χ1n) is 6.47. The maximum Gasteiger partial charge on any atom is 0.240 e. The number of rotatable bonds is 6. The summed E-state index contributed by atoms with van der Waals surface area (Å²) >= 11 is 0. The molecule has 1 fully saturated rings. The standard InChI is InChI=1S/C13H20N2O3S/c1-3-18-12-8-11(9-12)15-10-4-6-13(7-5-10)19(16,17)14-2/h4-7,11-12,14-15H,3,8-9H2,1-2H3. The Morgan fingerprint density at radius 1 is 1.26 bits per heavy atom. The first-order valence-corrected chi connectivity index (χ1v) is 7.95. The minimum Gasteiger partial charge on any atom is -0.382 e. The maximum absolute atomic E-state index is 11.6. The third-order valence-corrected chi connectivity index (χ3v) is 4.73. The van der Waals surface area contributed by atoms with Gasteiger partial charge in [0.1, 0.15) is 0 Å². The smallest absolute Gasteiger partial charge is 0.240 e. The predicted octanol–water partition coefficient (Wildman–Crippen LogP) is 1.57. The van der Waals surface area contributed by atoms with E-state index in [9.17, 15) is 8.42 Å². The molecule has 19 heavy (non-hydrogen) atoms. The van der Waals surface area contributed by atoms with Crippen LogP contribution < -0.4 is 10.0 Å². The average molecular weight is 284 g/mol. The van der Waals surface area contributed by atoms with Gasteiger partial charge in [0, 0.05) is 18.3 Å². The van der Waals surface area contributed by atoms with Crippen LogP contribution in [0.1, 0.15) is 19.8 Å². The molecule has 0 bridgehead atoms. The fourth-order valence-corrected chi connectivity index (χ4v) is 2.87. The normalized spacial score (nSPS) is 22.8. The third-order valence-electron chi connectivity index (χ3n) is 3.30. The zero-order valence-corrected chi connectivity index (χ0v) is 12.0. The van der Waals surface area contributed by atoms with E-state index in [1.165, 1.54) is 7.05 Å². The van der Waals surface area contributed by atoms with Gasteiger partial charge in [-0.05, 0) is 51.1 Å². The van der Waals surface area contributed by atoms with Crippen LogP contribution in [0, 0.1) is 0 Å². The largest absolute Gasteiger partial charge is 0.382 e. The fraction of sp³-hybridized carbons (Fsp3) is 0.538. The number of hydrogen-bond acceptors (Lipinski definition) is 4. The highest BCUT2D eigenvalue weighted by atomic mass is 32.2. The van der Waals surface area contributed by atoms with Crippen molar-refractivity contribution in [2.75, 3.05) is 19.0 Å². The Kier molecular flexibility index (Phi) is 4.44. The van der Waals surface area contributed by atoms with Crippen molar-refractivity contribution in [1.82, 2.24) is 4.72 Å². The lowest BCUT2D eigenvalue weighted by Crippen LogP contribution is -2.40. The number of anilines is 1. The molecule has 2 rings (SSSR count). The lowest BCUT2D eigenvalue weighted by atomic mass is 9.89. The van der Waals surface area contributed by atoms with Gasteiger partial charge in [0.15, 0.2) is 0 Å². The first kappa shape index (κ1) is 14.3. The van der Waals surface area contributed by atoms with Crippen molar-refractivity contribution in [1.29, 1.82) is 0 Å². The molecule has 1 aromatic carbocycles. The van der Waals surface area contributed by atoms with Crippen molar-refractivity contribution in [3.05, 3.63) is 24.3 Å². The summed E-state index contributed by atoms with van der Waals surface area (Å²) in [6.07, 6.45) is 2.38. The molecule has 0 unspecified atom stereocenters. The molecule has 0 atom stereocenters. The molecule has 5 nitrogen and oxygen atoms in total. The molecule has 0 saturated heterocycles. The van der Waals surface area contributed by atoms with Gasteiger partial charge in [-0.1, -0.05) is 0 Å². The molecule has 1 aliphatic carbocycles. The van der Waals surface area contributed by atoms with E-state index < -0.39 is 10.0 Å². The van der Waals surface area contributed by atoms with Crippen LogP contribution >= 0.6 is 0 Å². The van der Waals surface area contributed by atoms with Crippen LogP contribution in [0.15, 0.2) is 29.2 Å². The van der Waals surface area contributed by atoms with Crippen molar-refractivity contribution in [2.24, 2.45) is 0 Å². The highest BCUT2D eigenvalue weighted by Gasteiger charge is 2.29. The summed E-state index contributed by atoms with van der Waals surface area (Å²) in [5, 5.41) is 3.37. The second-order valence-corrected chi connectivity index (χ2v) is 6.51. The number of nitrogens with one attached hydrogen (secondary N) is 2. The van der Waals surface area contributed by atoms with Gasteiger partial charge in [0.25, 0.3) is 0 Å². The Morgan fingerprint density at radius 3 is 2.42 bits per heavy atom.